The first-order chi connectivity index (χ1) is 11.9. The molecule has 0 fully saturated rings. The lowest BCUT2D eigenvalue weighted by atomic mass is 10.1. The van der Waals surface area contributed by atoms with Gasteiger partial charge in [-0.15, -0.1) is 0 Å². The van der Waals surface area contributed by atoms with Crippen LogP contribution < -0.4 is 10.2 Å². The zero-order chi connectivity index (χ0) is 18.0. The summed E-state index contributed by atoms with van der Waals surface area (Å²) in [6.45, 7) is 4.84. The molecule has 0 aliphatic carbocycles. The van der Waals surface area contributed by atoms with Crippen molar-refractivity contribution in [3.63, 3.8) is 0 Å². The lowest BCUT2D eigenvalue weighted by Gasteiger charge is -2.35. The molecule has 0 spiro atoms. The van der Waals surface area contributed by atoms with Gasteiger partial charge in [0, 0.05) is 37.3 Å². The molecule has 1 amide bonds. The van der Waals surface area contributed by atoms with E-state index in [-0.39, 0.29) is 11.8 Å². The number of halogens is 3. The van der Waals surface area contributed by atoms with Crippen molar-refractivity contribution in [1.82, 2.24) is 15.1 Å². The fraction of sp³-hybridized carbons (Fsp3) is 0.294. The highest BCUT2D eigenvalue weighted by Gasteiger charge is 2.32. The molecule has 0 unspecified atom stereocenters. The van der Waals surface area contributed by atoms with Crippen molar-refractivity contribution in [2.75, 3.05) is 18.0 Å². The summed E-state index contributed by atoms with van der Waals surface area (Å²) < 4.78 is 40.7. The maximum atomic E-state index is 13.0. The second-order valence-corrected chi connectivity index (χ2v) is 5.85. The highest BCUT2D eigenvalue weighted by Crippen LogP contribution is 2.35. The van der Waals surface area contributed by atoms with Gasteiger partial charge in [0.1, 0.15) is 5.82 Å². The zero-order valence-electron chi connectivity index (χ0n) is 13.3. The van der Waals surface area contributed by atoms with Gasteiger partial charge in [-0.05, 0) is 24.3 Å². The van der Waals surface area contributed by atoms with Gasteiger partial charge >= 0.3 is 6.18 Å². The fourth-order valence-electron chi connectivity index (χ4n) is 2.88. The van der Waals surface area contributed by atoms with Crippen LogP contribution in [0.3, 0.4) is 0 Å². The van der Waals surface area contributed by atoms with Gasteiger partial charge in [0.15, 0.2) is 0 Å². The van der Waals surface area contributed by atoms with E-state index in [1.165, 1.54) is 12.1 Å². The number of alkyl halides is 3. The van der Waals surface area contributed by atoms with E-state index in [9.17, 15) is 18.0 Å². The Balaban J connectivity index is 1.87. The van der Waals surface area contributed by atoms with Gasteiger partial charge < -0.3 is 10.2 Å². The largest absolute Gasteiger partial charge is 0.416 e. The van der Waals surface area contributed by atoms with Gasteiger partial charge in [-0.25, -0.2) is 4.68 Å². The van der Waals surface area contributed by atoms with Crippen LogP contribution in [0.1, 0.15) is 5.56 Å². The van der Waals surface area contributed by atoms with Gasteiger partial charge in [0.25, 0.3) is 0 Å². The predicted octanol–water partition coefficient (Wildman–Crippen LogP) is 2.97. The van der Waals surface area contributed by atoms with E-state index in [2.05, 4.69) is 17.0 Å². The number of rotatable bonds is 4. The number of hydrogen-bond donors (Lipinski definition) is 1. The van der Waals surface area contributed by atoms with Crippen molar-refractivity contribution in [2.24, 2.45) is 5.92 Å². The van der Waals surface area contributed by atoms with Crippen molar-refractivity contribution >= 4 is 17.4 Å². The third-order valence-corrected chi connectivity index (χ3v) is 4.08. The van der Waals surface area contributed by atoms with Crippen molar-refractivity contribution in [2.45, 2.75) is 12.7 Å². The van der Waals surface area contributed by atoms with Crippen LogP contribution >= 0.6 is 0 Å². The number of nitrogens with zero attached hydrogens (tertiary/aromatic N) is 3. The highest BCUT2D eigenvalue weighted by molar-refractivity contribution is 5.86. The number of anilines is 2. The lowest BCUT2D eigenvalue weighted by Crippen LogP contribution is -2.41. The molecule has 0 radical (unpaired) electrons. The molecule has 3 rings (SSSR count). The van der Waals surface area contributed by atoms with Gasteiger partial charge in [-0.3, -0.25) is 4.79 Å². The molecule has 132 valence electrons. The summed E-state index contributed by atoms with van der Waals surface area (Å²) in [5.41, 5.74) is -0.255. The molecule has 1 atom stereocenters. The van der Waals surface area contributed by atoms with E-state index in [1.807, 2.05) is 0 Å². The molecule has 1 N–H and O–H groups in total. The molecule has 0 saturated carbocycles. The molecular weight excluding hydrogens is 333 g/mol. The molecule has 1 aliphatic heterocycles. The van der Waals surface area contributed by atoms with Gasteiger partial charge in [-0.1, -0.05) is 12.6 Å². The molecule has 2 aromatic rings. The van der Waals surface area contributed by atoms with Crippen LogP contribution in [0, 0.1) is 5.92 Å². The minimum Gasteiger partial charge on any atom is -0.352 e. The number of aromatic nitrogens is 2. The van der Waals surface area contributed by atoms with Crippen LogP contribution in [0.25, 0.3) is 0 Å². The van der Waals surface area contributed by atoms with Gasteiger partial charge in [-0.2, -0.15) is 18.3 Å². The Morgan fingerprint density at radius 2 is 2.16 bits per heavy atom. The molecule has 1 aromatic heterocycles. The van der Waals surface area contributed by atoms with Crippen molar-refractivity contribution < 1.29 is 18.0 Å². The summed E-state index contributed by atoms with van der Waals surface area (Å²) in [7, 11) is 0. The minimum absolute atomic E-state index is 0.00541. The SMILES string of the molecule is C=CC(=O)NC[C@@H]1CN(c2cccc(C(F)(F)F)c2)c2ccnn2C1. The molecule has 25 heavy (non-hydrogen) atoms. The number of carbonyl (C=O) groups is 1. The second kappa shape index (κ2) is 6.62. The predicted molar refractivity (Wildman–Crippen MR) is 87.4 cm³/mol. The molecule has 0 bridgehead atoms. The Kier molecular flexibility index (Phi) is 4.52. The van der Waals surface area contributed by atoms with Crippen LogP contribution in [0.4, 0.5) is 24.7 Å². The lowest BCUT2D eigenvalue weighted by molar-refractivity contribution is -0.137. The monoisotopic (exact) mass is 350 g/mol. The summed E-state index contributed by atoms with van der Waals surface area (Å²) in [5.74, 6) is 0.452. The summed E-state index contributed by atoms with van der Waals surface area (Å²) >= 11 is 0. The fourth-order valence-corrected chi connectivity index (χ4v) is 2.88. The molecule has 8 heteroatoms. The van der Waals surface area contributed by atoms with E-state index < -0.39 is 11.7 Å². The van der Waals surface area contributed by atoms with Crippen LogP contribution in [0.5, 0.6) is 0 Å². The molecule has 1 aliphatic rings. The Labute approximate surface area is 142 Å². The van der Waals surface area contributed by atoms with E-state index >= 15 is 0 Å². The Morgan fingerprint density at radius 1 is 1.36 bits per heavy atom. The Hall–Kier alpha value is -2.77. The first-order valence-corrected chi connectivity index (χ1v) is 7.75. The van der Waals surface area contributed by atoms with Crippen LogP contribution in [-0.4, -0.2) is 28.8 Å². The second-order valence-electron chi connectivity index (χ2n) is 5.85. The summed E-state index contributed by atoms with van der Waals surface area (Å²) in [6.07, 6.45) is -1.60. The third-order valence-electron chi connectivity index (χ3n) is 4.08. The molecule has 2 heterocycles. The summed E-state index contributed by atoms with van der Waals surface area (Å²) in [4.78, 5) is 13.2. The molecule has 0 saturated heterocycles. The highest BCUT2D eigenvalue weighted by atomic mass is 19.4. The molecule has 5 nitrogen and oxygen atoms in total. The number of carbonyl (C=O) groups excluding carboxylic acids is 1. The summed E-state index contributed by atoms with van der Waals surface area (Å²) in [6, 6.07) is 6.96. The zero-order valence-corrected chi connectivity index (χ0v) is 13.3. The van der Waals surface area contributed by atoms with Crippen LogP contribution in [0.2, 0.25) is 0 Å². The first kappa shape index (κ1) is 17.1. The standard InChI is InChI=1S/C17H17F3N4O/c1-2-15(25)21-9-12-10-23(16-6-7-22-24(16)11-12)14-5-3-4-13(8-14)17(18,19)20/h2-8,12H,1,9-11H2,(H,21,25)/t12-/m1/s1. The Bertz CT molecular complexity index is 784. The maximum Gasteiger partial charge on any atom is 0.416 e. The van der Waals surface area contributed by atoms with Gasteiger partial charge in [0.05, 0.1) is 11.8 Å². The number of fused-ring (bicyclic) bond motifs is 1. The van der Waals surface area contributed by atoms with Crippen LogP contribution in [-0.2, 0) is 17.5 Å². The quantitative estimate of drug-likeness (QED) is 0.863. The van der Waals surface area contributed by atoms with Crippen molar-refractivity contribution in [3.8, 4) is 0 Å². The van der Waals surface area contributed by atoms with Crippen LogP contribution in [0.15, 0.2) is 49.2 Å². The molecule has 1 aromatic carbocycles. The van der Waals surface area contributed by atoms with Crippen molar-refractivity contribution in [1.29, 1.82) is 0 Å². The molecular formula is C17H17F3N4O. The first-order valence-electron chi connectivity index (χ1n) is 7.75. The van der Waals surface area contributed by atoms with E-state index in [0.717, 1.165) is 18.0 Å². The number of nitrogens with one attached hydrogen (secondary N) is 1. The van der Waals surface area contributed by atoms with Gasteiger partial charge in [0.2, 0.25) is 5.91 Å². The topological polar surface area (TPSA) is 50.2 Å². The number of hydrogen-bond acceptors (Lipinski definition) is 3. The maximum absolute atomic E-state index is 13.0. The number of amides is 1. The smallest absolute Gasteiger partial charge is 0.352 e. The normalized spacial score (nSPS) is 17.1. The summed E-state index contributed by atoms with van der Waals surface area (Å²) in [5, 5.41) is 6.95. The van der Waals surface area contributed by atoms with E-state index in [4.69, 9.17) is 0 Å². The average Bonchev–Trinajstić information content (AvgIpc) is 3.06. The minimum atomic E-state index is -4.40. The van der Waals surface area contributed by atoms with E-state index in [1.54, 1.807) is 27.9 Å². The van der Waals surface area contributed by atoms with Crippen molar-refractivity contribution in [3.05, 3.63) is 54.7 Å². The third kappa shape index (κ3) is 3.67. The number of benzene rings is 1. The average molecular weight is 350 g/mol. The van der Waals surface area contributed by atoms with E-state index in [0.29, 0.717) is 25.3 Å². The Morgan fingerprint density at radius 3 is 2.88 bits per heavy atom.